The average molecular weight is 333 g/mol. The van der Waals surface area contributed by atoms with E-state index >= 15 is 0 Å². The molecule has 1 aromatic heterocycles. The first-order valence-corrected chi connectivity index (χ1v) is 8.85. The maximum Gasteiger partial charge on any atom is 0.227 e. The average Bonchev–Trinajstić information content (AvgIpc) is 3.43. The lowest BCUT2D eigenvalue weighted by Gasteiger charge is -2.48. The van der Waals surface area contributed by atoms with E-state index in [1.165, 1.54) is 6.20 Å². The Kier molecular flexibility index (Phi) is 3.81. The Morgan fingerprint density at radius 3 is 2.92 bits per heavy atom. The molecule has 1 amide bonds. The molecular formula is C17H24FN5O. The molecule has 2 aliphatic heterocycles. The molecule has 2 saturated heterocycles. The largest absolute Gasteiger partial charge is 0.371 e. The van der Waals surface area contributed by atoms with Crippen LogP contribution in [0.15, 0.2) is 6.20 Å². The third-order valence-electron chi connectivity index (χ3n) is 5.60. The van der Waals surface area contributed by atoms with E-state index in [-0.39, 0.29) is 11.2 Å². The molecule has 3 heterocycles. The van der Waals surface area contributed by atoms with E-state index in [4.69, 9.17) is 0 Å². The monoisotopic (exact) mass is 333 g/mol. The van der Waals surface area contributed by atoms with Crippen molar-refractivity contribution in [2.24, 2.45) is 5.41 Å². The fraction of sp³-hybridized carbons (Fsp3) is 0.706. The quantitative estimate of drug-likeness (QED) is 0.917. The van der Waals surface area contributed by atoms with Gasteiger partial charge in [0.1, 0.15) is 0 Å². The molecule has 6 nitrogen and oxygen atoms in total. The number of amides is 1. The number of aromatic nitrogens is 2. The molecule has 1 aliphatic carbocycles. The van der Waals surface area contributed by atoms with Crippen LogP contribution in [0.5, 0.6) is 0 Å². The number of hydrogen-bond acceptors (Lipinski definition) is 5. The SMILES string of the molecule is CNc1nc(N2CCC[C@]3(CCC(=O)N(C4CC4)C3)C2)ncc1F. The normalized spacial score (nSPS) is 27.7. The van der Waals surface area contributed by atoms with Gasteiger partial charge in [0.05, 0.1) is 6.20 Å². The number of rotatable bonds is 3. The molecule has 1 saturated carbocycles. The molecule has 24 heavy (non-hydrogen) atoms. The summed E-state index contributed by atoms with van der Waals surface area (Å²) in [4.78, 5) is 25.0. The molecule has 1 atom stereocenters. The van der Waals surface area contributed by atoms with Gasteiger partial charge < -0.3 is 15.1 Å². The van der Waals surface area contributed by atoms with Gasteiger partial charge in [-0.05, 0) is 32.1 Å². The molecule has 7 heteroatoms. The van der Waals surface area contributed by atoms with Crippen LogP contribution in [-0.4, -0.2) is 53.5 Å². The van der Waals surface area contributed by atoms with Crippen molar-refractivity contribution in [3.63, 3.8) is 0 Å². The van der Waals surface area contributed by atoms with Gasteiger partial charge in [-0.3, -0.25) is 4.79 Å². The van der Waals surface area contributed by atoms with E-state index in [1.54, 1.807) is 7.05 Å². The van der Waals surface area contributed by atoms with Crippen molar-refractivity contribution < 1.29 is 9.18 Å². The molecule has 4 rings (SSSR count). The van der Waals surface area contributed by atoms with E-state index in [1.807, 2.05) is 0 Å². The van der Waals surface area contributed by atoms with Crippen LogP contribution in [0.3, 0.4) is 0 Å². The van der Waals surface area contributed by atoms with Crippen molar-refractivity contribution >= 4 is 17.7 Å². The lowest BCUT2D eigenvalue weighted by Crippen LogP contribution is -2.55. The fourth-order valence-corrected chi connectivity index (χ4v) is 4.16. The summed E-state index contributed by atoms with van der Waals surface area (Å²) in [5.74, 6) is 0.694. The van der Waals surface area contributed by atoms with Gasteiger partial charge in [-0.2, -0.15) is 4.98 Å². The topological polar surface area (TPSA) is 61.4 Å². The smallest absolute Gasteiger partial charge is 0.227 e. The minimum atomic E-state index is -0.434. The van der Waals surface area contributed by atoms with Crippen LogP contribution in [0, 0.1) is 11.2 Å². The third-order valence-corrected chi connectivity index (χ3v) is 5.60. The van der Waals surface area contributed by atoms with Gasteiger partial charge in [-0.1, -0.05) is 0 Å². The molecule has 0 aromatic carbocycles. The van der Waals surface area contributed by atoms with Crippen molar-refractivity contribution in [2.75, 3.05) is 36.9 Å². The van der Waals surface area contributed by atoms with Crippen LogP contribution < -0.4 is 10.2 Å². The number of nitrogens with one attached hydrogen (secondary N) is 1. The van der Waals surface area contributed by atoms with Gasteiger partial charge in [0.25, 0.3) is 0 Å². The van der Waals surface area contributed by atoms with Crippen molar-refractivity contribution in [3.8, 4) is 0 Å². The minimum Gasteiger partial charge on any atom is -0.371 e. The van der Waals surface area contributed by atoms with Crippen molar-refractivity contribution in [2.45, 2.75) is 44.6 Å². The molecule has 0 unspecified atom stereocenters. The first-order valence-electron chi connectivity index (χ1n) is 8.85. The number of carbonyl (C=O) groups is 1. The Balaban J connectivity index is 1.54. The zero-order valence-corrected chi connectivity index (χ0v) is 14.1. The number of nitrogens with zero attached hydrogens (tertiary/aromatic N) is 4. The molecule has 3 fully saturated rings. The summed E-state index contributed by atoms with van der Waals surface area (Å²) in [5.41, 5.74) is 0.131. The number of halogens is 1. The fourth-order valence-electron chi connectivity index (χ4n) is 4.16. The highest BCUT2D eigenvalue weighted by molar-refractivity contribution is 5.78. The van der Waals surface area contributed by atoms with Gasteiger partial charge in [0.15, 0.2) is 11.6 Å². The summed E-state index contributed by atoms with van der Waals surface area (Å²) in [5, 5.41) is 2.78. The van der Waals surface area contributed by atoms with Crippen molar-refractivity contribution in [3.05, 3.63) is 12.0 Å². The van der Waals surface area contributed by atoms with E-state index in [2.05, 4.69) is 25.1 Å². The molecule has 1 N–H and O–H groups in total. The Morgan fingerprint density at radius 2 is 2.17 bits per heavy atom. The Bertz CT molecular complexity index is 650. The Hall–Kier alpha value is -1.92. The first-order chi connectivity index (χ1) is 11.6. The highest BCUT2D eigenvalue weighted by Crippen LogP contribution is 2.42. The van der Waals surface area contributed by atoms with E-state index in [0.29, 0.717) is 24.3 Å². The summed E-state index contributed by atoms with van der Waals surface area (Å²) < 4.78 is 13.6. The predicted molar refractivity (Wildman–Crippen MR) is 89.4 cm³/mol. The van der Waals surface area contributed by atoms with Crippen LogP contribution >= 0.6 is 0 Å². The maximum atomic E-state index is 13.6. The lowest BCUT2D eigenvalue weighted by molar-refractivity contribution is -0.138. The molecule has 0 radical (unpaired) electrons. The zero-order chi connectivity index (χ0) is 16.7. The molecular weight excluding hydrogens is 309 g/mol. The maximum absolute atomic E-state index is 13.6. The first kappa shape index (κ1) is 15.6. The van der Waals surface area contributed by atoms with Crippen LogP contribution in [0.1, 0.15) is 38.5 Å². The van der Waals surface area contributed by atoms with E-state index in [0.717, 1.165) is 51.7 Å². The summed E-state index contributed by atoms with van der Waals surface area (Å²) in [7, 11) is 1.66. The third kappa shape index (κ3) is 2.80. The van der Waals surface area contributed by atoms with Crippen LogP contribution in [0.4, 0.5) is 16.2 Å². The summed E-state index contributed by atoms with van der Waals surface area (Å²) >= 11 is 0. The molecule has 1 spiro atoms. The van der Waals surface area contributed by atoms with Gasteiger partial charge in [0, 0.05) is 44.6 Å². The standard InChI is InChI=1S/C17H24FN5O/c1-19-15-13(18)9-20-16(21-15)22-8-2-6-17(10-22)7-5-14(24)23(11-17)12-3-4-12/h9,12H,2-8,10-11H2,1H3,(H,19,20,21)/t17-/m0/s1. The van der Waals surface area contributed by atoms with Crippen LogP contribution in [0.2, 0.25) is 0 Å². The van der Waals surface area contributed by atoms with E-state index < -0.39 is 5.82 Å². The second-order valence-electron chi connectivity index (χ2n) is 7.39. The summed E-state index contributed by atoms with van der Waals surface area (Å²) in [6.45, 7) is 2.58. The second kappa shape index (κ2) is 5.86. The summed E-state index contributed by atoms with van der Waals surface area (Å²) in [6, 6.07) is 0.475. The Morgan fingerprint density at radius 1 is 1.33 bits per heavy atom. The van der Waals surface area contributed by atoms with Crippen molar-refractivity contribution in [1.29, 1.82) is 0 Å². The second-order valence-corrected chi connectivity index (χ2v) is 7.39. The van der Waals surface area contributed by atoms with Gasteiger partial charge in [-0.15, -0.1) is 0 Å². The van der Waals surface area contributed by atoms with Crippen molar-refractivity contribution in [1.82, 2.24) is 14.9 Å². The highest BCUT2D eigenvalue weighted by atomic mass is 19.1. The van der Waals surface area contributed by atoms with Crippen LogP contribution in [-0.2, 0) is 4.79 Å². The molecule has 1 aromatic rings. The number of piperidine rings is 2. The molecule has 130 valence electrons. The zero-order valence-electron chi connectivity index (χ0n) is 14.1. The van der Waals surface area contributed by atoms with Gasteiger partial charge in [-0.25, -0.2) is 9.37 Å². The highest BCUT2D eigenvalue weighted by Gasteiger charge is 2.46. The number of hydrogen-bond donors (Lipinski definition) is 1. The predicted octanol–water partition coefficient (Wildman–Crippen LogP) is 2.03. The molecule has 0 bridgehead atoms. The van der Waals surface area contributed by atoms with Crippen LogP contribution in [0.25, 0.3) is 0 Å². The molecule has 3 aliphatic rings. The van der Waals surface area contributed by atoms with E-state index in [9.17, 15) is 9.18 Å². The number of anilines is 2. The minimum absolute atomic E-state index is 0.131. The van der Waals surface area contributed by atoms with Gasteiger partial charge >= 0.3 is 0 Å². The number of likely N-dealkylation sites (tertiary alicyclic amines) is 1. The number of carbonyl (C=O) groups excluding carboxylic acids is 1. The lowest BCUT2D eigenvalue weighted by atomic mass is 9.73. The Labute approximate surface area is 141 Å². The van der Waals surface area contributed by atoms with Gasteiger partial charge in [0.2, 0.25) is 11.9 Å². The summed E-state index contributed by atoms with van der Waals surface area (Å²) in [6.07, 6.45) is 7.32.